The van der Waals surface area contributed by atoms with Crippen molar-refractivity contribution in [3.63, 3.8) is 0 Å². The number of furan rings is 1. The van der Waals surface area contributed by atoms with E-state index in [1.54, 1.807) is 0 Å². The molecule has 0 N–H and O–H groups in total. The highest BCUT2D eigenvalue weighted by molar-refractivity contribution is 6.14. The minimum Gasteiger partial charge on any atom is -0.456 e. The number of benzene rings is 9. The summed E-state index contributed by atoms with van der Waals surface area (Å²) in [5, 5.41) is 7.20. The molecule has 4 nitrogen and oxygen atoms in total. The first kappa shape index (κ1) is 34.4. The lowest BCUT2D eigenvalue weighted by atomic mass is 9.82. The summed E-state index contributed by atoms with van der Waals surface area (Å²) in [6.45, 7) is 4.60. The SMILES string of the molecule is CC1(C)c2ccccc2-c2c(-c3nc(-c4ccccc4)nc(-c4ccc(-c5cccc6oc7ccc(-c8ccc9ccc%10ccccc%10c9c8)cc7c56)cc4)n3)cccc21. The van der Waals surface area contributed by atoms with Gasteiger partial charge in [0.05, 0.1) is 0 Å². The molecule has 4 heteroatoms. The molecule has 0 radical (unpaired) electrons. The standard InChI is InChI=1S/C56H37N3O/c1-56(2)47-19-9-8-16-43(47)51-44(18-10-20-48(51)56)55-58-53(37-13-4-3-5-14-37)57-54(59-55)38-27-24-35(25-28-38)42-17-11-21-50-52(42)46-33-40(30-31-49(46)60-50)39-29-26-36-23-22-34-12-6-7-15-41(34)45(36)32-39/h3-33H,1-2H3. The minimum absolute atomic E-state index is 0.133. The number of hydrogen-bond donors (Lipinski definition) is 0. The van der Waals surface area contributed by atoms with Crippen molar-refractivity contribution in [1.82, 2.24) is 15.0 Å². The van der Waals surface area contributed by atoms with Gasteiger partial charge in [0.15, 0.2) is 17.5 Å². The van der Waals surface area contributed by atoms with Gasteiger partial charge in [0.1, 0.15) is 11.2 Å². The Morgan fingerprint density at radius 3 is 1.77 bits per heavy atom. The third kappa shape index (κ3) is 5.34. The lowest BCUT2D eigenvalue weighted by Gasteiger charge is -2.21. The van der Waals surface area contributed by atoms with E-state index in [0.29, 0.717) is 17.5 Å². The molecule has 0 unspecified atom stereocenters. The molecule has 2 aromatic heterocycles. The molecule has 1 aliphatic rings. The number of fused-ring (bicyclic) bond motifs is 9. The van der Waals surface area contributed by atoms with Crippen molar-refractivity contribution in [2.45, 2.75) is 19.3 Å². The van der Waals surface area contributed by atoms with E-state index >= 15 is 0 Å². The number of hydrogen-bond acceptors (Lipinski definition) is 4. The van der Waals surface area contributed by atoms with Crippen molar-refractivity contribution >= 4 is 43.5 Å². The van der Waals surface area contributed by atoms with E-state index in [1.807, 2.05) is 18.2 Å². The zero-order valence-corrected chi connectivity index (χ0v) is 33.1. The quantitative estimate of drug-likeness (QED) is 0.164. The molecule has 1 aliphatic carbocycles. The Morgan fingerprint density at radius 2 is 0.933 bits per heavy atom. The average molecular weight is 768 g/mol. The fourth-order valence-electron chi connectivity index (χ4n) is 9.51. The Kier molecular flexibility index (Phi) is 7.54. The van der Waals surface area contributed by atoms with Crippen LogP contribution in [0.2, 0.25) is 0 Å². The summed E-state index contributed by atoms with van der Waals surface area (Å²) in [6.07, 6.45) is 0. The fraction of sp³-hybridized carbons (Fsp3) is 0.0536. The van der Waals surface area contributed by atoms with Crippen LogP contribution in [0.15, 0.2) is 192 Å². The molecule has 0 amide bonds. The molecule has 12 rings (SSSR count). The van der Waals surface area contributed by atoms with Crippen LogP contribution < -0.4 is 0 Å². The molecular weight excluding hydrogens is 731 g/mol. The lowest BCUT2D eigenvalue weighted by molar-refractivity contribution is 0.660. The maximum absolute atomic E-state index is 6.48. The van der Waals surface area contributed by atoms with Gasteiger partial charge in [-0.1, -0.05) is 178 Å². The molecule has 0 saturated carbocycles. The van der Waals surface area contributed by atoms with Gasteiger partial charge in [-0.2, -0.15) is 0 Å². The molecule has 0 spiro atoms. The number of aromatic nitrogens is 3. The summed E-state index contributed by atoms with van der Waals surface area (Å²) in [7, 11) is 0. The predicted molar refractivity (Wildman–Crippen MR) is 247 cm³/mol. The summed E-state index contributed by atoms with van der Waals surface area (Å²) >= 11 is 0. The van der Waals surface area contributed by atoms with Crippen LogP contribution in [0.5, 0.6) is 0 Å². The van der Waals surface area contributed by atoms with Crippen LogP contribution in [0, 0.1) is 0 Å². The highest BCUT2D eigenvalue weighted by Crippen LogP contribution is 2.51. The van der Waals surface area contributed by atoms with Crippen LogP contribution in [0.1, 0.15) is 25.0 Å². The van der Waals surface area contributed by atoms with E-state index in [-0.39, 0.29) is 5.41 Å². The van der Waals surface area contributed by atoms with Crippen molar-refractivity contribution in [3.8, 4) is 67.5 Å². The van der Waals surface area contributed by atoms with E-state index in [0.717, 1.165) is 55.3 Å². The summed E-state index contributed by atoms with van der Waals surface area (Å²) in [5.41, 5.74) is 14.0. The monoisotopic (exact) mass is 767 g/mol. The fourth-order valence-corrected chi connectivity index (χ4v) is 9.51. The van der Waals surface area contributed by atoms with Gasteiger partial charge in [-0.15, -0.1) is 0 Å². The summed E-state index contributed by atoms with van der Waals surface area (Å²) in [5.74, 6) is 1.94. The van der Waals surface area contributed by atoms with E-state index < -0.39 is 0 Å². The molecule has 0 fully saturated rings. The predicted octanol–water partition coefficient (Wildman–Crippen LogP) is 14.7. The molecular formula is C56H37N3O. The zero-order chi connectivity index (χ0) is 40.0. The smallest absolute Gasteiger partial charge is 0.164 e. The Balaban J connectivity index is 0.966. The topological polar surface area (TPSA) is 51.8 Å². The molecule has 0 aliphatic heterocycles. The largest absolute Gasteiger partial charge is 0.456 e. The zero-order valence-electron chi connectivity index (χ0n) is 33.1. The molecule has 2 heterocycles. The van der Waals surface area contributed by atoms with Crippen molar-refractivity contribution in [3.05, 3.63) is 199 Å². The third-order valence-electron chi connectivity index (χ3n) is 12.5. The van der Waals surface area contributed by atoms with Crippen LogP contribution in [-0.4, -0.2) is 15.0 Å². The highest BCUT2D eigenvalue weighted by atomic mass is 16.3. The molecule has 60 heavy (non-hydrogen) atoms. The van der Waals surface area contributed by atoms with Crippen LogP contribution in [0.25, 0.3) is 111 Å². The molecule has 9 aromatic carbocycles. The van der Waals surface area contributed by atoms with E-state index in [4.69, 9.17) is 19.4 Å². The number of nitrogens with zero attached hydrogens (tertiary/aromatic N) is 3. The van der Waals surface area contributed by atoms with Gasteiger partial charge in [0.2, 0.25) is 0 Å². The summed E-state index contributed by atoms with van der Waals surface area (Å²) in [6, 6.07) is 66.7. The van der Waals surface area contributed by atoms with Gasteiger partial charge in [-0.3, -0.25) is 0 Å². The highest BCUT2D eigenvalue weighted by Gasteiger charge is 2.37. The van der Waals surface area contributed by atoms with E-state index in [1.165, 1.54) is 49.4 Å². The number of rotatable bonds is 5. The second-order valence-electron chi connectivity index (χ2n) is 16.4. The van der Waals surface area contributed by atoms with Gasteiger partial charge in [-0.05, 0) is 90.3 Å². The van der Waals surface area contributed by atoms with E-state index in [9.17, 15) is 0 Å². The van der Waals surface area contributed by atoms with Gasteiger partial charge < -0.3 is 4.42 Å². The second-order valence-corrected chi connectivity index (χ2v) is 16.4. The van der Waals surface area contributed by atoms with Crippen LogP contribution in [-0.2, 0) is 5.41 Å². The second kappa shape index (κ2) is 13.2. The lowest BCUT2D eigenvalue weighted by Crippen LogP contribution is -2.14. The van der Waals surface area contributed by atoms with Crippen LogP contribution in [0.4, 0.5) is 0 Å². The van der Waals surface area contributed by atoms with Crippen LogP contribution >= 0.6 is 0 Å². The summed E-state index contributed by atoms with van der Waals surface area (Å²) < 4.78 is 6.48. The molecule has 0 saturated heterocycles. The average Bonchev–Trinajstić information content (AvgIpc) is 3.80. The normalized spacial score (nSPS) is 13.0. The Labute approximate surface area is 347 Å². The molecule has 0 atom stereocenters. The van der Waals surface area contributed by atoms with Crippen molar-refractivity contribution < 1.29 is 4.42 Å². The van der Waals surface area contributed by atoms with E-state index in [2.05, 4.69) is 184 Å². The Morgan fingerprint density at radius 1 is 0.367 bits per heavy atom. The van der Waals surface area contributed by atoms with Crippen LogP contribution in [0.3, 0.4) is 0 Å². The molecule has 282 valence electrons. The van der Waals surface area contributed by atoms with Gasteiger partial charge in [0, 0.05) is 32.9 Å². The van der Waals surface area contributed by atoms with Crippen molar-refractivity contribution in [1.29, 1.82) is 0 Å². The van der Waals surface area contributed by atoms with Gasteiger partial charge in [-0.25, -0.2) is 15.0 Å². The van der Waals surface area contributed by atoms with Gasteiger partial charge in [0.25, 0.3) is 0 Å². The van der Waals surface area contributed by atoms with Crippen molar-refractivity contribution in [2.75, 3.05) is 0 Å². The maximum atomic E-state index is 6.48. The first-order valence-electron chi connectivity index (χ1n) is 20.5. The minimum atomic E-state index is -0.133. The third-order valence-corrected chi connectivity index (χ3v) is 12.5. The summed E-state index contributed by atoms with van der Waals surface area (Å²) in [4.78, 5) is 15.5. The molecule has 0 bridgehead atoms. The first-order valence-corrected chi connectivity index (χ1v) is 20.5. The first-order chi connectivity index (χ1) is 29.5. The Hall–Kier alpha value is -7.69. The van der Waals surface area contributed by atoms with Gasteiger partial charge >= 0.3 is 0 Å². The van der Waals surface area contributed by atoms with Crippen molar-refractivity contribution in [2.24, 2.45) is 0 Å². The molecule has 11 aromatic rings. The Bertz CT molecular complexity index is 3510. The maximum Gasteiger partial charge on any atom is 0.164 e.